The van der Waals surface area contributed by atoms with Gasteiger partial charge in [0.15, 0.2) is 0 Å². The lowest BCUT2D eigenvalue weighted by Gasteiger charge is -2.29. The molecule has 0 saturated heterocycles. The molecule has 0 aliphatic carbocycles. The fourth-order valence-corrected chi connectivity index (χ4v) is 2.16. The molecule has 16 heavy (non-hydrogen) atoms. The molecule has 0 saturated carbocycles. The molecule has 1 aliphatic heterocycles. The second-order valence-electron chi connectivity index (χ2n) is 3.54. The largest absolute Gasteiger partial charge is 0.492 e. The lowest BCUT2D eigenvalue weighted by atomic mass is 10.0. The van der Waals surface area contributed by atoms with E-state index in [1.807, 2.05) is 0 Å². The van der Waals surface area contributed by atoms with Crippen LogP contribution in [0.1, 0.15) is 18.6 Å². The highest BCUT2D eigenvalue weighted by Crippen LogP contribution is 2.38. The Hall–Kier alpha value is -1.10. The van der Waals surface area contributed by atoms with Gasteiger partial charge in [0.2, 0.25) is 0 Å². The minimum absolute atomic E-state index is 0.116. The number of rotatable bonds is 1. The topological polar surface area (TPSA) is 35.5 Å². The number of ether oxygens (including phenoxy) is 2. The van der Waals surface area contributed by atoms with Crippen molar-refractivity contribution in [3.8, 4) is 5.75 Å². The van der Waals surface area contributed by atoms with Crippen molar-refractivity contribution in [1.82, 2.24) is 0 Å². The molecule has 5 heteroatoms. The van der Waals surface area contributed by atoms with E-state index in [9.17, 15) is 9.18 Å². The van der Waals surface area contributed by atoms with E-state index in [0.29, 0.717) is 17.9 Å². The van der Waals surface area contributed by atoms with Crippen molar-refractivity contribution in [2.24, 2.45) is 0 Å². The van der Waals surface area contributed by atoms with Crippen molar-refractivity contribution >= 4 is 21.9 Å². The molecule has 1 aliphatic rings. The first-order valence-electron chi connectivity index (χ1n) is 4.81. The number of hydrogen-bond donors (Lipinski definition) is 0. The highest BCUT2D eigenvalue weighted by molar-refractivity contribution is 9.09. The number of fused-ring (bicyclic) bond motifs is 1. The first-order chi connectivity index (χ1) is 7.58. The molecular weight excluding hydrogens is 279 g/mol. The smallest absolute Gasteiger partial charge is 0.303 e. The van der Waals surface area contributed by atoms with Crippen LogP contribution in [0, 0.1) is 5.82 Å². The van der Waals surface area contributed by atoms with Crippen LogP contribution in [0.2, 0.25) is 0 Å². The summed E-state index contributed by atoms with van der Waals surface area (Å²) in [7, 11) is 0. The van der Waals surface area contributed by atoms with E-state index in [4.69, 9.17) is 9.47 Å². The molecule has 0 radical (unpaired) electrons. The van der Waals surface area contributed by atoms with E-state index in [1.54, 1.807) is 6.07 Å². The normalized spacial score (nSPS) is 23.2. The van der Waals surface area contributed by atoms with Crippen molar-refractivity contribution < 1.29 is 18.7 Å². The molecule has 1 aromatic rings. The van der Waals surface area contributed by atoms with Crippen LogP contribution in [0.4, 0.5) is 4.39 Å². The predicted molar refractivity (Wildman–Crippen MR) is 59.1 cm³/mol. The van der Waals surface area contributed by atoms with E-state index in [1.165, 1.54) is 19.1 Å². The van der Waals surface area contributed by atoms with Crippen LogP contribution in [0.5, 0.6) is 5.75 Å². The average Bonchev–Trinajstić information content (AvgIpc) is 2.22. The van der Waals surface area contributed by atoms with Crippen LogP contribution in [0.3, 0.4) is 0 Å². The molecule has 1 heterocycles. The Bertz CT molecular complexity index is 422. The number of halogens is 2. The Balaban J connectivity index is 2.36. The van der Waals surface area contributed by atoms with Crippen molar-refractivity contribution in [2.45, 2.75) is 17.9 Å². The maximum absolute atomic E-state index is 13.0. The number of alkyl halides is 1. The Kier molecular flexibility index (Phi) is 3.14. The van der Waals surface area contributed by atoms with Gasteiger partial charge >= 0.3 is 5.97 Å². The van der Waals surface area contributed by atoms with Gasteiger partial charge in [-0.1, -0.05) is 15.9 Å². The molecule has 1 aromatic carbocycles. The SMILES string of the molecule is CC(=O)O[C@@H]1c2ccc(F)cc2OC[C@@H]1Br. The zero-order chi connectivity index (χ0) is 11.7. The average molecular weight is 289 g/mol. The Morgan fingerprint density at radius 1 is 1.62 bits per heavy atom. The first kappa shape index (κ1) is 11.4. The standard InChI is InChI=1S/C11H10BrFO3/c1-6(14)16-11-8-3-2-7(13)4-10(8)15-5-9(11)12/h2-4,9,11H,5H2,1H3/t9-,11+/m0/s1. The molecule has 0 spiro atoms. The second-order valence-corrected chi connectivity index (χ2v) is 4.72. The van der Waals surface area contributed by atoms with Crippen LogP contribution < -0.4 is 4.74 Å². The van der Waals surface area contributed by atoms with Crippen LogP contribution in [0.25, 0.3) is 0 Å². The van der Waals surface area contributed by atoms with E-state index in [2.05, 4.69) is 15.9 Å². The zero-order valence-corrected chi connectivity index (χ0v) is 10.2. The van der Waals surface area contributed by atoms with E-state index in [0.717, 1.165) is 0 Å². The van der Waals surface area contributed by atoms with Gasteiger partial charge in [-0.2, -0.15) is 0 Å². The van der Waals surface area contributed by atoms with Gasteiger partial charge in [-0.25, -0.2) is 4.39 Å². The van der Waals surface area contributed by atoms with Crippen molar-refractivity contribution in [3.05, 3.63) is 29.6 Å². The van der Waals surface area contributed by atoms with Gasteiger partial charge in [0.05, 0.1) is 4.83 Å². The predicted octanol–water partition coefficient (Wildman–Crippen LogP) is 2.59. The second kappa shape index (κ2) is 4.41. The molecule has 2 rings (SSSR count). The highest BCUT2D eigenvalue weighted by Gasteiger charge is 2.31. The number of benzene rings is 1. The Morgan fingerprint density at radius 3 is 3.06 bits per heavy atom. The molecule has 86 valence electrons. The Labute approximate surface area is 101 Å². The molecule has 0 unspecified atom stereocenters. The van der Waals surface area contributed by atoms with Crippen LogP contribution in [0.15, 0.2) is 18.2 Å². The van der Waals surface area contributed by atoms with Crippen LogP contribution >= 0.6 is 15.9 Å². The Morgan fingerprint density at radius 2 is 2.38 bits per heavy atom. The number of carbonyl (C=O) groups is 1. The molecule has 0 aromatic heterocycles. The summed E-state index contributed by atoms with van der Waals surface area (Å²) in [6, 6.07) is 4.19. The third-order valence-electron chi connectivity index (χ3n) is 2.30. The molecule has 0 amide bonds. The van der Waals surface area contributed by atoms with Crippen molar-refractivity contribution in [3.63, 3.8) is 0 Å². The summed E-state index contributed by atoms with van der Waals surface area (Å²) in [6.45, 7) is 1.69. The highest BCUT2D eigenvalue weighted by atomic mass is 79.9. The molecule has 3 nitrogen and oxygen atoms in total. The zero-order valence-electron chi connectivity index (χ0n) is 8.57. The molecule has 2 atom stereocenters. The van der Waals surface area contributed by atoms with Crippen molar-refractivity contribution in [1.29, 1.82) is 0 Å². The fraction of sp³-hybridized carbons (Fsp3) is 0.364. The summed E-state index contributed by atoms with van der Waals surface area (Å²) in [5.41, 5.74) is 0.685. The molecular formula is C11H10BrFO3. The van der Waals surface area contributed by atoms with Gasteiger partial charge < -0.3 is 9.47 Å². The maximum Gasteiger partial charge on any atom is 0.303 e. The first-order valence-corrected chi connectivity index (χ1v) is 5.73. The molecule has 0 bridgehead atoms. The van der Waals surface area contributed by atoms with E-state index < -0.39 is 6.10 Å². The number of hydrogen-bond acceptors (Lipinski definition) is 3. The van der Waals surface area contributed by atoms with Gasteiger partial charge in [0.1, 0.15) is 24.3 Å². The van der Waals surface area contributed by atoms with E-state index >= 15 is 0 Å². The summed E-state index contributed by atoms with van der Waals surface area (Å²) in [4.78, 5) is 10.9. The number of carbonyl (C=O) groups excluding carboxylic acids is 1. The minimum Gasteiger partial charge on any atom is -0.492 e. The fourth-order valence-electron chi connectivity index (χ4n) is 1.64. The van der Waals surface area contributed by atoms with Gasteiger partial charge in [0, 0.05) is 18.6 Å². The number of esters is 1. The molecule has 0 N–H and O–H groups in total. The quantitative estimate of drug-likeness (QED) is 0.589. The third-order valence-corrected chi connectivity index (χ3v) is 3.05. The van der Waals surface area contributed by atoms with Crippen molar-refractivity contribution in [2.75, 3.05) is 6.61 Å². The summed E-state index contributed by atoms with van der Waals surface area (Å²) < 4.78 is 23.5. The lowest BCUT2D eigenvalue weighted by Crippen LogP contribution is -2.29. The summed E-state index contributed by atoms with van der Waals surface area (Å²) >= 11 is 3.38. The third kappa shape index (κ3) is 2.19. The molecule has 0 fully saturated rings. The van der Waals surface area contributed by atoms with Gasteiger partial charge in [-0.05, 0) is 12.1 Å². The minimum atomic E-state index is -0.429. The monoisotopic (exact) mass is 288 g/mol. The van der Waals surface area contributed by atoms with Gasteiger partial charge in [-0.3, -0.25) is 4.79 Å². The summed E-state index contributed by atoms with van der Waals surface area (Å²) in [5, 5.41) is 0. The lowest BCUT2D eigenvalue weighted by molar-refractivity contribution is -0.147. The maximum atomic E-state index is 13.0. The van der Waals surface area contributed by atoms with Gasteiger partial charge in [0.25, 0.3) is 0 Å². The van der Waals surface area contributed by atoms with E-state index in [-0.39, 0.29) is 16.6 Å². The van der Waals surface area contributed by atoms with Crippen LogP contribution in [-0.2, 0) is 9.53 Å². The van der Waals surface area contributed by atoms with Crippen LogP contribution in [-0.4, -0.2) is 17.4 Å². The summed E-state index contributed by atoms with van der Waals surface area (Å²) in [6.07, 6.45) is -0.429. The summed E-state index contributed by atoms with van der Waals surface area (Å²) in [5.74, 6) is -0.304. The van der Waals surface area contributed by atoms with Gasteiger partial charge in [-0.15, -0.1) is 0 Å².